The van der Waals surface area contributed by atoms with Crippen molar-refractivity contribution in [2.75, 3.05) is 13.7 Å². The van der Waals surface area contributed by atoms with Gasteiger partial charge in [-0.25, -0.2) is 4.79 Å². The minimum Gasteiger partial charge on any atom is -0.497 e. The molecule has 0 saturated carbocycles. The molecule has 0 fully saturated rings. The SMILES string of the molecule is COc1ccc(C(O)C(O)CCNC(=O)OC(C)(C)C)c(C(N)=O)c1. The van der Waals surface area contributed by atoms with Crippen molar-refractivity contribution in [2.24, 2.45) is 5.73 Å². The molecule has 0 aliphatic heterocycles. The number of ether oxygens (including phenoxy) is 2. The average Bonchev–Trinajstić information content (AvgIpc) is 2.51. The van der Waals surface area contributed by atoms with Crippen LogP contribution in [0.3, 0.4) is 0 Å². The molecule has 1 aromatic carbocycles. The first-order valence-corrected chi connectivity index (χ1v) is 7.86. The summed E-state index contributed by atoms with van der Waals surface area (Å²) in [5, 5.41) is 22.9. The number of carbonyl (C=O) groups is 2. The van der Waals surface area contributed by atoms with Crippen LogP contribution in [0.15, 0.2) is 18.2 Å². The Labute approximate surface area is 146 Å². The number of hydrogen-bond acceptors (Lipinski definition) is 6. The van der Waals surface area contributed by atoms with Crippen LogP contribution in [0, 0.1) is 0 Å². The van der Waals surface area contributed by atoms with E-state index >= 15 is 0 Å². The molecule has 0 heterocycles. The fourth-order valence-electron chi connectivity index (χ4n) is 2.14. The Hall–Kier alpha value is -2.32. The minimum absolute atomic E-state index is 0.0602. The van der Waals surface area contributed by atoms with Gasteiger partial charge in [-0.15, -0.1) is 0 Å². The molecular formula is C17H26N2O6. The van der Waals surface area contributed by atoms with Crippen LogP contribution in [0.25, 0.3) is 0 Å². The Kier molecular flexibility index (Phi) is 7.20. The number of alkyl carbamates (subject to hydrolysis) is 1. The maximum atomic E-state index is 11.6. The smallest absolute Gasteiger partial charge is 0.407 e. The van der Waals surface area contributed by atoms with Crippen LogP contribution >= 0.6 is 0 Å². The van der Waals surface area contributed by atoms with Gasteiger partial charge in [0.25, 0.3) is 0 Å². The van der Waals surface area contributed by atoms with Gasteiger partial charge >= 0.3 is 6.09 Å². The molecule has 8 nitrogen and oxygen atoms in total. The van der Waals surface area contributed by atoms with Gasteiger partial charge in [0.15, 0.2) is 0 Å². The summed E-state index contributed by atoms with van der Waals surface area (Å²) in [6, 6.07) is 4.41. The molecule has 0 radical (unpaired) electrons. The maximum absolute atomic E-state index is 11.6. The quantitative estimate of drug-likeness (QED) is 0.580. The summed E-state index contributed by atoms with van der Waals surface area (Å²) in [7, 11) is 1.44. The van der Waals surface area contributed by atoms with Crippen molar-refractivity contribution in [2.45, 2.75) is 45.0 Å². The molecule has 0 aromatic heterocycles. The minimum atomic E-state index is -1.34. The molecule has 1 rings (SSSR count). The van der Waals surface area contributed by atoms with Crippen molar-refractivity contribution in [3.8, 4) is 5.75 Å². The second-order valence-corrected chi connectivity index (χ2v) is 6.55. The first-order valence-electron chi connectivity index (χ1n) is 7.86. The summed E-state index contributed by atoms with van der Waals surface area (Å²) in [4.78, 5) is 23.1. The number of nitrogens with two attached hydrogens (primary N) is 1. The van der Waals surface area contributed by atoms with Crippen LogP contribution in [0.1, 0.15) is 49.2 Å². The number of methoxy groups -OCH3 is 1. The van der Waals surface area contributed by atoms with Gasteiger partial charge in [0.05, 0.1) is 13.2 Å². The van der Waals surface area contributed by atoms with Gasteiger partial charge in [-0.1, -0.05) is 6.07 Å². The van der Waals surface area contributed by atoms with Crippen molar-refractivity contribution in [1.29, 1.82) is 0 Å². The van der Waals surface area contributed by atoms with E-state index in [9.17, 15) is 19.8 Å². The second kappa shape index (κ2) is 8.68. The van der Waals surface area contributed by atoms with Crippen molar-refractivity contribution in [3.63, 3.8) is 0 Å². The molecular weight excluding hydrogens is 328 g/mol. The summed E-state index contributed by atoms with van der Waals surface area (Å²) in [5.41, 5.74) is 4.94. The lowest BCUT2D eigenvalue weighted by Crippen LogP contribution is -2.35. The Bertz CT molecular complexity index is 612. The average molecular weight is 354 g/mol. The molecule has 5 N–H and O–H groups in total. The summed E-state index contributed by atoms with van der Waals surface area (Å²) in [6.07, 6.45) is -3.10. The van der Waals surface area contributed by atoms with Crippen LogP contribution in [0.4, 0.5) is 4.79 Å². The molecule has 0 saturated heterocycles. The van der Waals surface area contributed by atoms with Crippen LogP contribution in [-0.4, -0.2) is 47.6 Å². The Balaban J connectivity index is 2.69. The zero-order chi connectivity index (χ0) is 19.2. The van der Waals surface area contributed by atoms with Crippen molar-refractivity contribution < 1.29 is 29.3 Å². The summed E-state index contributed by atoms with van der Waals surface area (Å²) >= 11 is 0. The highest BCUT2D eigenvalue weighted by atomic mass is 16.6. The second-order valence-electron chi connectivity index (χ2n) is 6.55. The van der Waals surface area contributed by atoms with E-state index in [0.717, 1.165) is 0 Å². The van der Waals surface area contributed by atoms with Gasteiger partial charge in [0.2, 0.25) is 5.91 Å². The number of aliphatic hydroxyl groups excluding tert-OH is 2. The highest BCUT2D eigenvalue weighted by Gasteiger charge is 2.24. The van der Waals surface area contributed by atoms with Crippen LogP contribution < -0.4 is 15.8 Å². The number of amides is 2. The van der Waals surface area contributed by atoms with Gasteiger partial charge in [-0.3, -0.25) is 4.79 Å². The van der Waals surface area contributed by atoms with E-state index in [2.05, 4.69) is 5.32 Å². The molecule has 0 aliphatic carbocycles. The molecule has 140 valence electrons. The number of aliphatic hydroxyl groups is 2. The molecule has 0 aliphatic rings. The predicted molar refractivity (Wildman–Crippen MR) is 91.3 cm³/mol. The zero-order valence-electron chi connectivity index (χ0n) is 14.9. The van der Waals surface area contributed by atoms with E-state index in [-0.39, 0.29) is 24.1 Å². The van der Waals surface area contributed by atoms with E-state index < -0.39 is 29.8 Å². The number of primary amides is 1. The molecule has 2 unspecified atom stereocenters. The Morgan fingerprint density at radius 1 is 1.28 bits per heavy atom. The lowest BCUT2D eigenvalue weighted by molar-refractivity contribution is 0.0119. The van der Waals surface area contributed by atoms with Crippen molar-refractivity contribution >= 4 is 12.0 Å². The van der Waals surface area contributed by atoms with E-state index in [4.69, 9.17) is 15.2 Å². The normalized spacial score (nSPS) is 13.7. The topological polar surface area (TPSA) is 131 Å². The third kappa shape index (κ3) is 6.60. The lowest BCUT2D eigenvalue weighted by Gasteiger charge is -2.22. The number of nitrogens with one attached hydrogen (secondary N) is 1. The Morgan fingerprint density at radius 2 is 1.92 bits per heavy atom. The summed E-state index contributed by atoms with van der Waals surface area (Å²) in [6.45, 7) is 5.30. The van der Waals surface area contributed by atoms with Crippen LogP contribution in [0.2, 0.25) is 0 Å². The molecule has 0 bridgehead atoms. The van der Waals surface area contributed by atoms with Crippen LogP contribution in [-0.2, 0) is 4.74 Å². The number of rotatable bonds is 7. The number of benzene rings is 1. The largest absolute Gasteiger partial charge is 0.497 e. The summed E-state index contributed by atoms with van der Waals surface area (Å²) in [5.74, 6) is -0.335. The van der Waals surface area contributed by atoms with Gasteiger partial charge in [-0.05, 0) is 44.9 Å². The number of carbonyl (C=O) groups excluding carboxylic acids is 2. The monoisotopic (exact) mass is 354 g/mol. The van der Waals surface area contributed by atoms with Crippen molar-refractivity contribution in [1.82, 2.24) is 5.32 Å². The highest BCUT2D eigenvalue weighted by Crippen LogP contribution is 2.26. The van der Waals surface area contributed by atoms with E-state index in [0.29, 0.717) is 5.75 Å². The maximum Gasteiger partial charge on any atom is 0.407 e. The van der Waals surface area contributed by atoms with E-state index in [1.807, 2.05) is 0 Å². The lowest BCUT2D eigenvalue weighted by atomic mass is 9.96. The van der Waals surface area contributed by atoms with Gasteiger partial charge in [-0.2, -0.15) is 0 Å². The highest BCUT2D eigenvalue weighted by molar-refractivity contribution is 5.95. The first kappa shape index (κ1) is 20.7. The van der Waals surface area contributed by atoms with Crippen molar-refractivity contribution in [3.05, 3.63) is 29.3 Å². The Morgan fingerprint density at radius 3 is 2.44 bits per heavy atom. The van der Waals surface area contributed by atoms with E-state index in [1.54, 1.807) is 26.8 Å². The molecule has 25 heavy (non-hydrogen) atoms. The molecule has 2 amide bonds. The predicted octanol–water partition coefficient (Wildman–Crippen LogP) is 1.10. The van der Waals surface area contributed by atoms with E-state index in [1.165, 1.54) is 19.2 Å². The molecule has 8 heteroatoms. The third-order valence-corrected chi connectivity index (χ3v) is 3.32. The van der Waals surface area contributed by atoms with Crippen LogP contribution in [0.5, 0.6) is 5.75 Å². The summed E-state index contributed by atoms with van der Waals surface area (Å²) < 4.78 is 10.1. The fourth-order valence-corrected chi connectivity index (χ4v) is 2.14. The standard InChI is InChI=1S/C17H26N2O6/c1-17(2,3)25-16(23)19-8-7-13(20)14(21)11-6-5-10(24-4)9-12(11)15(18)22/h5-6,9,13-14,20-21H,7-8H2,1-4H3,(H2,18,22)(H,19,23). The first-order chi connectivity index (χ1) is 11.5. The molecule has 0 spiro atoms. The van der Waals surface area contributed by atoms with Gasteiger partial charge < -0.3 is 30.7 Å². The number of hydrogen-bond donors (Lipinski definition) is 4. The van der Waals surface area contributed by atoms with Gasteiger partial charge in [0.1, 0.15) is 17.5 Å². The molecule has 1 aromatic rings. The third-order valence-electron chi connectivity index (χ3n) is 3.32. The molecule has 2 atom stereocenters. The fraction of sp³-hybridized carbons (Fsp3) is 0.529. The van der Waals surface area contributed by atoms with Gasteiger partial charge in [0, 0.05) is 12.1 Å². The zero-order valence-corrected chi connectivity index (χ0v) is 14.9.